The van der Waals surface area contributed by atoms with E-state index in [2.05, 4.69) is 29.6 Å². The van der Waals surface area contributed by atoms with E-state index in [9.17, 15) is 0 Å². The lowest BCUT2D eigenvalue weighted by atomic mass is 9.83. The summed E-state index contributed by atoms with van der Waals surface area (Å²) in [5.41, 5.74) is 1.49. The van der Waals surface area contributed by atoms with Gasteiger partial charge < -0.3 is 10.3 Å². The molecule has 1 aromatic rings. The summed E-state index contributed by atoms with van der Waals surface area (Å²) < 4.78 is 0. The molecule has 1 aromatic heterocycles. The Kier molecular flexibility index (Phi) is 2.69. The number of aromatic nitrogens is 1. The molecule has 1 fully saturated rings. The predicted molar refractivity (Wildman–Crippen MR) is 54.8 cm³/mol. The van der Waals surface area contributed by atoms with Crippen LogP contribution in [0.15, 0.2) is 18.5 Å². The van der Waals surface area contributed by atoms with E-state index in [1.54, 1.807) is 0 Å². The molecule has 0 bridgehead atoms. The number of H-pyrrole nitrogens is 1. The van der Waals surface area contributed by atoms with Gasteiger partial charge in [-0.15, -0.1) is 0 Å². The average molecular weight is 178 g/mol. The molecule has 0 amide bonds. The average Bonchev–Trinajstić information content (AvgIpc) is 2.71. The molecule has 1 heterocycles. The monoisotopic (exact) mass is 178 g/mol. The van der Waals surface area contributed by atoms with Crippen molar-refractivity contribution in [3.05, 3.63) is 24.0 Å². The minimum absolute atomic E-state index is 0.759. The van der Waals surface area contributed by atoms with E-state index >= 15 is 0 Å². The number of hydrogen-bond acceptors (Lipinski definition) is 1. The fourth-order valence-corrected chi connectivity index (χ4v) is 2.31. The van der Waals surface area contributed by atoms with Gasteiger partial charge in [-0.05, 0) is 50.3 Å². The minimum Gasteiger partial charge on any atom is -0.367 e. The zero-order chi connectivity index (χ0) is 9.10. The first-order valence-electron chi connectivity index (χ1n) is 5.20. The van der Waals surface area contributed by atoms with Crippen LogP contribution in [0, 0.1) is 0 Å². The maximum atomic E-state index is 3.36. The summed E-state index contributed by atoms with van der Waals surface area (Å²) in [6, 6.07) is 2.97. The van der Waals surface area contributed by atoms with E-state index in [4.69, 9.17) is 0 Å². The van der Waals surface area contributed by atoms with Crippen molar-refractivity contribution in [2.24, 2.45) is 0 Å². The topological polar surface area (TPSA) is 27.8 Å². The molecule has 0 saturated heterocycles. The fourth-order valence-electron chi connectivity index (χ4n) is 2.31. The number of hydrogen-bond donors (Lipinski definition) is 2. The van der Waals surface area contributed by atoms with Gasteiger partial charge >= 0.3 is 0 Å². The Morgan fingerprint density at radius 1 is 1.31 bits per heavy atom. The van der Waals surface area contributed by atoms with Crippen molar-refractivity contribution in [3.8, 4) is 0 Å². The van der Waals surface area contributed by atoms with Crippen molar-refractivity contribution in [2.75, 3.05) is 7.05 Å². The predicted octanol–water partition coefficient (Wildman–Crippen LogP) is 2.26. The van der Waals surface area contributed by atoms with Gasteiger partial charge in [-0.1, -0.05) is 0 Å². The zero-order valence-electron chi connectivity index (χ0n) is 8.22. The number of nitrogens with one attached hydrogen (secondary N) is 2. The van der Waals surface area contributed by atoms with E-state index < -0.39 is 0 Å². The van der Waals surface area contributed by atoms with E-state index in [1.807, 2.05) is 6.20 Å². The first-order chi connectivity index (χ1) is 6.40. The summed E-state index contributed by atoms with van der Waals surface area (Å²) in [4.78, 5) is 3.14. The van der Waals surface area contributed by atoms with Crippen LogP contribution in [0.5, 0.6) is 0 Å². The van der Waals surface area contributed by atoms with Gasteiger partial charge in [0.2, 0.25) is 0 Å². The summed E-state index contributed by atoms with van der Waals surface area (Å²) in [5.74, 6) is 0.802. The molecular weight excluding hydrogens is 160 g/mol. The van der Waals surface area contributed by atoms with E-state index in [-0.39, 0.29) is 0 Å². The normalized spacial score (nSPS) is 29.0. The van der Waals surface area contributed by atoms with Gasteiger partial charge in [-0.25, -0.2) is 0 Å². The highest BCUT2D eigenvalue weighted by Crippen LogP contribution is 2.32. The molecule has 1 aliphatic carbocycles. The van der Waals surface area contributed by atoms with Crippen molar-refractivity contribution in [3.63, 3.8) is 0 Å². The Hall–Kier alpha value is -0.760. The van der Waals surface area contributed by atoms with Crippen LogP contribution in [0.3, 0.4) is 0 Å². The molecule has 2 N–H and O–H groups in total. The Bertz CT molecular complexity index is 233. The van der Waals surface area contributed by atoms with Crippen LogP contribution in [0.4, 0.5) is 0 Å². The molecule has 0 atom stereocenters. The van der Waals surface area contributed by atoms with Gasteiger partial charge in [0.25, 0.3) is 0 Å². The summed E-state index contributed by atoms with van der Waals surface area (Å²) in [6.07, 6.45) is 9.50. The standard InChI is InChI=1S/C11H18N2/c1-12-11-4-2-9(3-5-11)10-6-7-13-8-10/h6-9,11-13H,2-5H2,1H3. The largest absolute Gasteiger partial charge is 0.367 e. The van der Waals surface area contributed by atoms with Gasteiger partial charge in [-0.2, -0.15) is 0 Å². The maximum absolute atomic E-state index is 3.36. The first-order valence-corrected chi connectivity index (χ1v) is 5.20. The second kappa shape index (κ2) is 3.97. The quantitative estimate of drug-likeness (QED) is 0.714. The lowest BCUT2D eigenvalue weighted by Crippen LogP contribution is -2.29. The third kappa shape index (κ3) is 1.94. The van der Waals surface area contributed by atoms with E-state index in [1.165, 1.54) is 31.2 Å². The Morgan fingerprint density at radius 3 is 2.62 bits per heavy atom. The molecule has 0 aromatic carbocycles. The summed E-state index contributed by atoms with van der Waals surface area (Å²) in [5, 5.41) is 3.36. The molecule has 1 saturated carbocycles. The Morgan fingerprint density at radius 2 is 2.08 bits per heavy atom. The summed E-state index contributed by atoms with van der Waals surface area (Å²) in [7, 11) is 2.07. The molecule has 13 heavy (non-hydrogen) atoms. The van der Waals surface area contributed by atoms with Gasteiger partial charge in [0, 0.05) is 18.4 Å². The highest BCUT2D eigenvalue weighted by atomic mass is 14.9. The molecule has 72 valence electrons. The van der Waals surface area contributed by atoms with Crippen LogP contribution in [-0.4, -0.2) is 18.1 Å². The van der Waals surface area contributed by atoms with Crippen LogP contribution < -0.4 is 5.32 Å². The first kappa shape index (κ1) is 8.82. The van der Waals surface area contributed by atoms with Gasteiger partial charge in [0.05, 0.1) is 0 Å². The number of aromatic amines is 1. The highest BCUT2D eigenvalue weighted by Gasteiger charge is 2.20. The SMILES string of the molecule is CNC1CCC(c2cc[nH]c2)CC1. The molecule has 2 nitrogen and oxygen atoms in total. The van der Waals surface area contributed by atoms with Crippen molar-refractivity contribution in [2.45, 2.75) is 37.6 Å². The fraction of sp³-hybridized carbons (Fsp3) is 0.636. The Balaban J connectivity index is 1.92. The van der Waals surface area contributed by atoms with Crippen molar-refractivity contribution < 1.29 is 0 Å². The summed E-state index contributed by atoms with van der Waals surface area (Å²) in [6.45, 7) is 0. The second-order valence-corrected chi connectivity index (χ2v) is 3.98. The molecule has 2 heteroatoms. The molecular formula is C11H18N2. The van der Waals surface area contributed by atoms with Crippen molar-refractivity contribution >= 4 is 0 Å². The third-order valence-corrected chi connectivity index (χ3v) is 3.23. The molecule has 0 radical (unpaired) electrons. The van der Waals surface area contributed by atoms with E-state index in [0.717, 1.165) is 12.0 Å². The van der Waals surface area contributed by atoms with Crippen molar-refractivity contribution in [1.29, 1.82) is 0 Å². The summed E-state index contributed by atoms with van der Waals surface area (Å²) >= 11 is 0. The van der Waals surface area contributed by atoms with E-state index in [0.29, 0.717) is 0 Å². The molecule has 2 rings (SSSR count). The van der Waals surface area contributed by atoms with Crippen LogP contribution in [-0.2, 0) is 0 Å². The zero-order valence-corrected chi connectivity index (χ0v) is 8.22. The number of rotatable bonds is 2. The van der Waals surface area contributed by atoms with Gasteiger partial charge in [0.15, 0.2) is 0 Å². The van der Waals surface area contributed by atoms with Crippen LogP contribution in [0.1, 0.15) is 37.2 Å². The smallest absolute Gasteiger partial charge is 0.00644 e. The molecule has 0 aliphatic heterocycles. The minimum atomic E-state index is 0.759. The lowest BCUT2D eigenvalue weighted by Gasteiger charge is -2.27. The van der Waals surface area contributed by atoms with Crippen LogP contribution in [0.2, 0.25) is 0 Å². The molecule has 1 aliphatic rings. The van der Waals surface area contributed by atoms with Crippen LogP contribution in [0.25, 0.3) is 0 Å². The Labute approximate surface area is 79.7 Å². The third-order valence-electron chi connectivity index (χ3n) is 3.23. The second-order valence-electron chi connectivity index (χ2n) is 3.98. The molecule has 0 spiro atoms. The maximum Gasteiger partial charge on any atom is 0.00644 e. The van der Waals surface area contributed by atoms with Gasteiger partial charge in [0.1, 0.15) is 0 Å². The van der Waals surface area contributed by atoms with Crippen LogP contribution >= 0.6 is 0 Å². The van der Waals surface area contributed by atoms with Crippen molar-refractivity contribution in [1.82, 2.24) is 10.3 Å². The molecule has 0 unspecified atom stereocenters. The highest BCUT2D eigenvalue weighted by molar-refractivity contribution is 5.15. The lowest BCUT2D eigenvalue weighted by molar-refractivity contribution is 0.359. The van der Waals surface area contributed by atoms with Gasteiger partial charge in [-0.3, -0.25) is 0 Å².